The molecule has 0 saturated carbocycles. The van der Waals surface area contributed by atoms with Crippen molar-refractivity contribution in [1.29, 1.82) is 0 Å². The van der Waals surface area contributed by atoms with Gasteiger partial charge in [-0.2, -0.15) is 5.10 Å². The van der Waals surface area contributed by atoms with Crippen LogP contribution in [0.2, 0.25) is 0 Å². The molecule has 1 atom stereocenters. The molecule has 1 aliphatic rings. The molecular formula is C16H21N5O4S. The van der Waals surface area contributed by atoms with E-state index in [1.165, 1.54) is 12.1 Å². The van der Waals surface area contributed by atoms with Gasteiger partial charge in [-0.25, -0.2) is 13.6 Å². The molecule has 140 valence electrons. The zero-order valence-electron chi connectivity index (χ0n) is 14.1. The minimum atomic E-state index is -3.73. The molecule has 1 fully saturated rings. The maximum atomic E-state index is 12.0. The molecule has 3 rings (SSSR count). The van der Waals surface area contributed by atoms with Crippen molar-refractivity contribution in [3.05, 3.63) is 36.0 Å². The van der Waals surface area contributed by atoms with Crippen molar-refractivity contribution < 1.29 is 17.9 Å². The molecule has 9 nitrogen and oxygen atoms in total. The molecule has 26 heavy (non-hydrogen) atoms. The number of primary sulfonamides is 1. The van der Waals surface area contributed by atoms with Gasteiger partial charge in [-0.15, -0.1) is 0 Å². The van der Waals surface area contributed by atoms with Gasteiger partial charge in [0, 0.05) is 30.0 Å². The van der Waals surface area contributed by atoms with Crippen LogP contribution in [0.1, 0.15) is 24.5 Å². The summed E-state index contributed by atoms with van der Waals surface area (Å²) in [6, 6.07) is 7.66. The SMILES string of the molecule is NS(=O)(=O)c1ccc(NCC(=O)Nc2cc(C3CCCOC3)[nH]n2)cc1. The third-order valence-electron chi connectivity index (χ3n) is 4.10. The normalized spacial score (nSPS) is 17.7. The highest BCUT2D eigenvalue weighted by Gasteiger charge is 2.18. The fraction of sp³-hybridized carbons (Fsp3) is 0.375. The van der Waals surface area contributed by atoms with Crippen LogP contribution >= 0.6 is 0 Å². The number of benzene rings is 1. The van der Waals surface area contributed by atoms with E-state index in [1.807, 2.05) is 6.07 Å². The molecule has 0 radical (unpaired) electrons. The topological polar surface area (TPSA) is 139 Å². The van der Waals surface area contributed by atoms with E-state index in [2.05, 4.69) is 20.8 Å². The Balaban J connectivity index is 1.50. The van der Waals surface area contributed by atoms with Crippen molar-refractivity contribution in [3.8, 4) is 0 Å². The second-order valence-corrected chi connectivity index (χ2v) is 7.66. The van der Waals surface area contributed by atoms with Crippen LogP contribution in [0, 0.1) is 0 Å². The quantitative estimate of drug-likeness (QED) is 0.590. The number of nitrogens with zero attached hydrogens (tertiary/aromatic N) is 1. The Morgan fingerprint density at radius 2 is 2.12 bits per heavy atom. The second-order valence-electron chi connectivity index (χ2n) is 6.09. The van der Waals surface area contributed by atoms with Gasteiger partial charge >= 0.3 is 0 Å². The van der Waals surface area contributed by atoms with Gasteiger partial charge in [0.15, 0.2) is 5.82 Å². The molecule has 1 aromatic heterocycles. The summed E-state index contributed by atoms with van der Waals surface area (Å²) in [6.07, 6.45) is 2.05. The van der Waals surface area contributed by atoms with E-state index in [-0.39, 0.29) is 23.3 Å². The number of ether oxygens (including phenoxy) is 1. The first-order chi connectivity index (χ1) is 12.4. The monoisotopic (exact) mass is 379 g/mol. The van der Waals surface area contributed by atoms with Crippen molar-refractivity contribution in [2.45, 2.75) is 23.7 Å². The van der Waals surface area contributed by atoms with Crippen LogP contribution in [0.15, 0.2) is 35.2 Å². The molecular weight excluding hydrogens is 358 g/mol. The highest BCUT2D eigenvalue weighted by molar-refractivity contribution is 7.89. The summed E-state index contributed by atoms with van der Waals surface area (Å²) >= 11 is 0. The maximum absolute atomic E-state index is 12.0. The van der Waals surface area contributed by atoms with E-state index in [0.717, 1.165) is 25.1 Å². The lowest BCUT2D eigenvalue weighted by atomic mass is 9.99. The average Bonchev–Trinajstić information content (AvgIpc) is 3.09. The third kappa shape index (κ3) is 4.81. The standard InChI is InChI=1S/C16H21N5O4S/c17-26(23,24)13-5-3-12(4-6-13)18-9-16(22)19-15-8-14(20-21-15)11-2-1-7-25-10-11/h3-6,8,11,18H,1-2,7,9-10H2,(H2,17,23,24)(H2,19,20,21,22). The fourth-order valence-electron chi connectivity index (χ4n) is 2.73. The minimum Gasteiger partial charge on any atom is -0.381 e. The lowest BCUT2D eigenvalue weighted by molar-refractivity contribution is -0.114. The number of sulfonamides is 1. The molecule has 1 unspecified atom stereocenters. The molecule has 1 saturated heterocycles. The number of carbonyl (C=O) groups is 1. The third-order valence-corrected chi connectivity index (χ3v) is 5.03. The number of rotatable bonds is 6. The van der Waals surface area contributed by atoms with E-state index >= 15 is 0 Å². The first kappa shape index (κ1) is 18.4. The lowest BCUT2D eigenvalue weighted by Crippen LogP contribution is -2.22. The molecule has 2 aromatic rings. The van der Waals surface area contributed by atoms with Gasteiger partial charge in [-0.3, -0.25) is 9.89 Å². The number of H-pyrrole nitrogens is 1. The summed E-state index contributed by atoms with van der Waals surface area (Å²) in [4.78, 5) is 12.0. The van der Waals surface area contributed by atoms with Crippen LogP contribution in [0.3, 0.4) is 0 Å². The van der Waals surface area contributed by atoms with Crippen LogP contribution in [0.4, 0.5) is 11.5 Å². The largest absolute Gasteiger partial charge is 0.381 e. The smallest absolute Gasteiger partial charge is 0.244 e. The highest BCUT2D eigenvalue weighted by Crippen LogP contribution is 2.25. The number of nitrogens with one attached hydrogen (secondary N) is 3. The number of hydrogen-bond acceptors (Lipinski definition) is 6. The van der Waals surface area contributed by atoms with E-state index in [0.29, 0.717) is 18.1 Å². The number of nitrogens with two attached hydrogens (primary N) is 1. The van der Waals surface area contributed by atoms with E-state index in [9.17, 15) is 13.2 Å². The summed E-state index contributed by atoms with van der Waals surface area (Å²) in [5, 5.41) is 17.7. The van der Waals surface area contributed by atoms with Crippen molar-refractivity contribution in [2.75, 3.05) is 30.4 Å². The van der Waals surface area contributed by atoms with Crippen LogP contribution in [0.5, 0.6) is 0 Å². The molecule has 0 spiro atoms. The van der Waals surface area contributed by atoms with E-state index in [4.69, 9.17) is 9.88 Å². The number of carbonyl (C=O) groups excluding carboxylic acids is 1. The molecule has 10 heteroatoms. The molecule has 1 aliphatic heterocycles. The fourth-order valence-corrected chi connectivity index (χ4v) is 3.24. The second kappa shape index (κ2) is 7.85. The van der Waals surface area contributed by atoms with Gasteiger partial charge in [0.25, 0.3) is 0 Å². The minimum absolute atomic E-state index is 0.0169. The number of hydrogen-bond donors (Lipinski definition) is 4. The average molecular weight is 379 g/mol. The zero-order chi connectivity index (χ0) is 18.6. The van der Waals surface area contributed by atoms with Gasteiger partial charge in [0.2, 0.25) is 15.9 Å². The van der Waals surface area contributed by atoms with Gasteiger partial charge in [0.1, 0.15) is 0 Å². The predicted octanol–water partition coefficient (Wildman–Crippen LogP) is 1.00. The first-order valence-corrected chi connectivity index (χ1v) is 9.76. The van der Waals surface area contributed by atoms with Gasteiger partial charge in [-0.05, 0) is 37.1 Å². The van der Waals surface area contributed by atoms with Gasteiger partial charge in [0.05, 0.1) is 18.0 Å². The Hall–Kier alpha value is -2.43. The Morgan fingerprint density at radius 1 is 1.35 bits per heavy atom. The van der Waals surface area contributed by atoms with Gasteiger partial charge in [-0.1, -0.05) is 0 Å². The number of aromatic amines is 1. The number of anilines is 2. The van der Waals surface area contributed by atoms with Crippen LogP contribution in [-0.4, -0.2) is 44.3 Å². The summed E-state index contributed by atoms with van der Waals surface area (Å²) < 4.78 is 27.9. The Labute approximate surface area is 151 Å². The summed E-state index contributed by atoms with van der Waals surface area (Å²) in [5.74, 6) is 0.470. The molecule has 1 aromatic carbocycles. The maximum Gasteiger partial charge on any atom is 0.244 e. The summed E-state index contributed by atoms with van der Waals surface area (Å²) in [7, 11) is -3.73. The van der Waals surface area contributed by atoms with Crippen molar-refractivity contribution in [2.24, 2.45) is 5.14 Å². The van der Waals surface area contributed by atoms with Gasteiger partial charge < -0.3 is 15.4 Å². The van der Waals surface area contributed by atoms with Crippen LogP contribution in [0.25, 0.3) is 0 Å². The van der Waals surface area contributed by atoms with E-state index in [1.54, 1.807) is 12.1 Å². The van der Waals surface area contributed by atoms with Crippen LogP contribution < -0.4 is 15.8 Å². The van der Waals surface area contributed by atoms with E-state index < -0.39 is 10.0 Å². The molecule has 5 N–H and O–H groups in total. The van der Waals surface area contributed by atoms with Crippen molar-refractivity contribution >= 4 is 27.4 Å². The Morgan fingerprint density at radius 3 is 2.77 bits per heavy atom. The van der Waals surface area contributed by atoms with Crippen molar-refractivity contribution in [1.82, 2.24) is 10.2 Å². The van der Waals surface area contributed by atoms with Crippen molar-refractivity contribution in [3.63, 3.8) is 0 Å². The molecule has 0 bridgehead atoms. The van der Waals surface area contributed by atoms with Crippen LogP contribution in [-0.2, 0) is 19.6 Å². The molecule has 2 heterocycles. The summed E-state index contributed by atoms with van der Waals surface area (Å²) in [5.41, 5.74) is 1.56. The predicted molar refractivity (Wildman–Crippen MR) is 96.3 cm³/mol. The number of aromatic nitrogens is 2. The number of amides is 1. The lowest BCUT2D eigenvalue weighted by Gasteiger charge is -2.20. The Kier molecular flexibility index (Phi) is 5.55. The molecule has 1 amide bonds. The summed E-state index contributed by atoms with van der Waals surface area (Å²) in [6.45, 7) is 1.47. The Bertz CT molecular complexity index is 857. The molecule has 0 aliphatic carbocycles. The highest BCUT2D eigenvalue weighted by atomic mass is 32.2. The zero-order valence-corrected chi connectivity index (χ0v) is 14.9. The first-order valence-electron chi connectivity index (χ1n) is 8.21.